The number of ether oxygens (including phenoxy) is 2. The minimum absolute atomic E-state index is 0.347. The van der Waals surface area contributed by atoms with E-state index in [0.29, 0.717) is 22.7 Å². The van der Waals surface area contributed by atoms with E-state index in [2.05, 4.69) is 0 Å². The van der Waals surface area contributed by atoms with Gasteiger partial charge in [0.2, 0.25) is 0 Å². The molecule has 0 saturated heterocycles. The molecule has 0 bridgehead atoms. The number of fused-ring (bicyclic) bond motifs is 2. The van der Waals surface area contributed by atoms with Gasteiger partial charge in [0.05, 0.1) is 14.2 Å². The lowest BCUT2D eigenvalue weighted by molar-refractivity contribution is 0.414. The van der Waals surface area contributed by atoms with Crippen LogP contribution in [-0.2, 0) is 0 Å². The molecule has 2 aromatic carbocycles. The van der Waals surface area contributed by atoms with Crippen molar-refractivity contribution in [2.45, 2.75) is 0 Å². The molecule has 2 heterocycles. The lowest BCUT2D eigenvalue weighted by atomic mass is 10.2. The second kappa shape index (κ2) is 7.57. The molecular formula is C20H16O6. The maximum atomic E-state index is 10.9. The molecule has 0 radical (unpaired) electrons. The highest BCUT2D eigenvalue weighted by molar-refractivity contribution is 5.78. The molecule has 4 aromatic rings. The van der Waals surface area contributed by atoms with Gasteiger partial charge in [0.25, 0.3) is 0 Å². The summed E-state index contributed by atoms with van der Waals surface area (Å²) >= 11 is 0. The van der Waals surface area contributed by atoms with Gasteiger partial charge >= 0.3 is 11.3 Å². The summed E-state index contributed by atoms with van der Waals surface area (Å²) in [5.74, 6) is 1.36. The van der Waals surface area contributed by atoms with Crippen LogP contribution in [0.5, 0.6) is 11.5 Å². The summed E-state index contributed by atoms with van der Waals surface area (Å²) in [4.78, 5) is 21.8. The molecule has 0 atom stereocenters. The molecule has 132 valence electrons. The van der Waals surface area contributed by atoms with Crippen LogP contribution in [0.1, 0.15) is 0 Å². The predicted octanol–water partition coefficient (Wildman–Crippen LogP) is 3.60. The van der Waals surface area contributed by atoms with E-state index in [1.807, 2.05) is 24.3 Å². The standard InChI is InChI=1S/2C10H8O3/c2*1-12-8-4-2-7-3-5-10(11)13-9(7)6-8/h2*2-6H,1H3. The van der Waals surface area contributed by atoms with E-state index in [9.17, 15) is 9.59 Å². The molecule has 0 amide bonds. The Morgan fingerprint density at radius 1 is 0.615 bits per heavy atom. The van der Waals surface area contributed by atoms with Gasteiger partial charge in [0, 0.05) is 35.0 Å². The van der Waals surface area contributed by atoms with Crippen molar-refractivity contribution in [2.75, 3.05) is 14.2 Å². The molecule has 0 aliphatic rings. The van der Waals surface area contributed by atoms with E-state index < -0.39 is 0 Å². The third-order valence-corrected chi connectivity index (χ3v) is 3.66. The van der Waals surface area contributed by atoms with E-state index in [0.717, 1.165) is 10.8 Å². The minimum Gasteiger partial charge on any atom is -0.497 e. The number of benzene rings is 2. The maximum Gasteiger partial charge on any atom is 0.336 e. The van der Waals surface area contributed by atoms with Crippen LogP contribution in [0.15, 0.2) is 79.1 Å². The fraction of sp³-hybridized carbons (Fsp3) is 0.100. The predicted molar refractivity (Wildman–Crippen MR) is 98.1 cm³/mol. The molecule has 4 rings (SSSR count). The molecule has 0 fully saturated rings. The Morgan fingerprint density at radius 2 is 1.00 bits per heavy atom. The summed E-state index contributed by atoms with van der Waals surface area (Å²) in [5, 5.41) is 1.78. The molecule has 0 aliphatic carbocycles. The highest BCUT2D eigenvalue weighted by Crippen LogP contribution is 2.19. The fourth-order valence-electron chi connectivity index (χ4n) is 2.34. The Kier molecular flexibility index (Phi) is 5.03. The van der Waals surface area contributed by atoms with Gasteiger partial charge in [-0.1, -0.05) is 0 Å². The molecule has 0 N–H and O–H groups in total. The van der Waals surface area contributed by atoms with Crippen molar-refractivity contribution >= 4 is 21.9 Å². The first kappa shape index (κ1) is 17.3. The van der Waals surface area contributed by atoms with Crippen LogP contribution in [0.3, 0.4) is 0 Å². The van der Waals surface area contributed by atoms with E-state index in [1.165, 1.54) is 12.1 Å². The van der Waals surface area contributed by atoms with Crippen molar-refractivity contribution in [3.8, 4) is 11.5 Å². The molecule has 0 spiro atoms. The van der Waals surface area contributed by atoms with E-state index in [4.69, 9.17) is 18.3 Å². The average molecular weight is 352 g/mol. The van der Waals surface area contributed by atoms with Gasteiger partial charge in [-0.05, 0) is 36.4 Å². The van der Waals surface area contributed by atoms with Gasteiger partial charge in [0.15, 0.2) is 0 Å². The van der Waals surface area contributed by atoms with Crippen molar-refractivity contribution in [3.63, 3.8) is 0 Å². The van der Waals surface area contributed by atoms with Crippen molar-refractivity contribution in [1.82, 2.24) is 0 Å². The second-order valence-electron chi connectivity index (χ2n) is 5.32. The van der Waals surface area contributed by atoms with Crippen molar-refractivity contribution in [2.24, 2.45) is 0 Å². The normalized spacial score (nSPS) is 10.2. The van der Waals surface area contributed by atoms with Crippen LogP contribution in [0.2, 0.25) is 0 Å². The number of rotatable bonds is 2. The van der Waals surface area contributed by atoms with Crippen molar-refractivity contribution < 1.29 is 18.3 Å². The zero-order chi connectivity index (χ0) is 18.5. The maximum absolute atomic E-state index is 10.9. The van der Waals surface area contributed by atoms with Gasteiger partial charge < -0.3 is 18.3 Å². The summed E-state index contributed by atoms with van der Waals surface area (Å²) in [5.41, 5.74) is 0.403. The van der Waals surface area contributed by atoms with E-state index >= 15 is 0 Å². The van der Waals surface area contributed by atoms with Gasteiger partial charge in [-0.3, -0.25) is 0 Å². The lowest BCUT2D eigenvalue weighted by Gasteiger charge is -1.99. The zero-order valence-electron chi connectivity index (χ0n) is 14.2. The summed E-state index contributed by atoms with van der Waals surface area (Å²) in [7, 11) is 3.14. The third kappa shape index (κ3) is 3.92. The van der Waals surface area contributed by atoms with Gasteiger partial charge in [-0.25, -0.2) is 9.59 Å². The van der Waals surface area contributed by atoms with Crippen LogP contribution >= 0.6 is 0 Å². The van der Waals surface area contributed by atoms with E-state index in [-0.39, 0.29) is 11.3 Å². The zero-order valence-corrected chi connectivity index (χ0v) is 14.2. The number of methoxy groups -OCH3 is 2. The highest BCUT2D eigenvalue weighted by Gasteiger charge is 1.99. The summed E-state index contributed by atoms with van der Waals surface area (Å²) in [6.45, 7) is 0. The van der Waals surface area contributed by atoms with Gasteiger partial charge in [-0.2, -0.15) is 0 Å². The first-order valence-corrected chi connectivity index (χ1v) is 7.75. The van der Waals surface area contributed by atoms with Crippen molar-refractivity contribution in [1.29, 1.82) is 0 Å². The summed E-state index contributed by atoms with van der Waals surface area (Å²) in [6.07, 6.45) is 0. The van der Waals surface area contributed by atoms with Gasteiger partial charge in [0.1, 0.15) is 22.7 Å². The molecule has 6 heteroatoms. The summed E-state index contributed by atoms with van der Waals surface area (Å²) < 4.78 is 19.9. The Bertz CT molecular complexity index is 1060. The minimum atomic E-state index is -0.347. The van der Waals surface area contributed by atoms with Gasteiger partial charge in [-0.15, -0.1) is 0 Å². The van der Waals surface area contributed by atoms with E-state index in [1.54, 1.807) is 38.5 Å². The Balaban J connectivity index is 0.000000151. The number of hydrogen-bond donors (Lipinski definition) is 0. The van der Waals surface area contributed by atoms with Crippen LogP contribution in [0.4, 0.5) is 0 Å². The smallest absolute Gasteiger partial charge is 0.336 e. The number of hydrogen-bond acceptors (Lipinski definition) is 6. The molecule has 6 nitrogen and oxygen atoms in total. The first-order valence-electron chi connectivity index (χ1n) is 7.75. The Hall–Kier alpha value is -3.54. The average Bonchev–Trinajstić information content (AvgIpc) is 2.67. The molecule has 0 unspecified atom stereocenters. The first-order chi connectivity index (χ1) is 12.6. The summed E-state index contributed by atoms with van der Waals surface area (Å²) in [6, 6.07) is 17.0. The highest BCUT2D eigenvalue weighted by atomic mass is 16.5. The van der Waals surface area contributed by atoms with Crippen LogP contribution in [-0.4, -0.2) is 14.2 Å². The monoisotopic (exact) mass is 352 g/mol. The Morgan fingerprint density at radius 3 is 1.38 bits per heavy atom. The Labute approximate surface area is 148 Å². The molecule has 26 heavy (non-hydrogen) atoms. The molecular weight excluding hydrogens is 336 g/mol. The molecule has 2 aromatic heterocycles. The lowest BCUT2D eigenvalue weighted by Crippen LogP contribution is -1.94. The quantitative estimate of drug-likeness (QED) is 0.513. The van der Waals surface area contributed by atoms with Crippen LogP contribution in [0, 0.1) is 0 Å². The molecule has 0 saturated carbocycles. The van der Waals surface area contributed by atoms with Crippen molar-refractivity contribution in [3.05, 3.63) is 81.5 Å². The molecule has 0 aliphatic heterocycles. The third-order valence-electron chi connectivity index (χ3n) is 3.66. The largest absolute Gasteiger partial charge is 0.497 e. The second-order valence-corrected chi connectivity index (χ2v) is 5.32. The fourth-order valence-corrected chi connectivity index (χ4v) is 2.34. The topological polar surface area (TPSA) is 78.9 Å². The SMILES string of the molecule is COc1ccc2ccc(=O)oc2c1.COc1ccc2ccc(=O)oc2c1. The van der Waals surface area contributed by atoms with Crippen LogP contribution < -0.4 is 20.7 Å². The van der Waals surface area contributed by atoms with Crippen LogP contribution in [0.25, 0.3) is 21.9 Å².